The van der Waals surface area contributed by atoms with Gasteiger partial charge in [0.1, 0.15) is 24.7 Å². The largest absolute Gasteiger partial charge is 0.491 e. The SMILES string of the molecule is CCC(C)CN(CC(=O)N1CCc2sccc2C1COc1ccc(F)cc1)C(=O)NC(C)(C)C. The number of rotatable bonds is 8. The molecular weight excluding hydrogens is 453 g/mol. The third-order valence-corrected chi connectivity index (χ3v) is 6.96. The molecule has 2 atom stereocenters. The number of thiophene rings is 1. The number of amides is 3. The normalized spacial score (nSPS) is 16.5. The summed E-state index contributed by atoms with van der Waals surface area (Å²) in [4.78, 5) is 31.2. The number of ether oxygens (including phenoxy) is 1. The molecular formula is C26H36FN3O3S. The molecule has 2 unspecified atom stereocenters. The van der Waals surface area contributed by atoms with E-state index in [4.69, 9.17) is 4.74 Å². The van der Waals surface area contributed by atoms with Crippen molar-refractivity contribution in [2.75, 3.05) is 26.2 Å². The lowest BCUT2D eigenvalue weighted by molar-refractivity contribution is -0.135. The van der Waals surface area contributed by atoms with Crippen LogP contribution in [-0.2, 0) is 11.2 Å². The van der Waals surface area contributed by atoms with E-state index in [2.05, 4.69) is 19.2 Å². The van der Waals surface area contributed by atoms with Crippen molar-refractivity contribution < 1.29 is 18.7 Å². The van der Waals surface area contributed by atoms with Crippen LogP contribution in [0.5, 0.6) is 5.75 Å². The monoisotopic (exact) mass is 489 g/mol. The fraction of sp³-hybridized carbons (Fsp3) is 0.538. The van der Waals surface area contributed by atoms with Crippen LogP contribution in [0.15, 0.2) is 35.7 Å². The Kier molecular flexibility index (Phi) is 8.57. The minimum Gasteiger partial charge on any atom is -0.491 e. The Morgan fingerprint density at radius 2 is 1.97 bits per heavy atom. The quantitative estimate of drug-likeness (QED) is 0.551. The van der Waals surface area contributed by atoms with Gasteiger partial charge in [-0.25, -0.2) is 9.18 Å². The van der Waals surface area contributed by atoms with Gasteiger partial charge in [0.15, 0.2) is 0 Å². The number of halogens is 1. The lowest BCUT2D eigenvalue weighted by Crippen LogP contribution is -2.53. The van der Waals surface area contributed by atoms with E-state index in [1.54, 1.807) is 28.4 Å². The second kappa shape index (κ2) is 11.2. The molecule has 8 heteroatoms. The topological polar surface area (TPSA) is 61.9 Å². The van der Waals surface area contributed by atoms with Crippen LogP contribution >= 0.6 is 11.3 Å². The van der Waals surface area contributed by atoms with Gasteiger partial charge >= 0.3 is 6.03 Å². The molecule has 2 aromatic rings. The molecule has 186 valence electrons. The average Bonchev–Trinajstić information content (AvgIpc) is 3.25. The van der Waals surface area contributed by atoms with Crippen molar-refractivity contribution in [3.8, 4) is 5.75 Å². The molecule has 1 aromatic carbocycles. The standard InChI is InChI=1S/C26H36FN3O3S/c1-6-18(2)15-29(25(32)28-26(3,4)5)16-24(31)30-13-11-23-21(12-14-34-23)22(30)17-33-20-9-7-19(27)8-10-20/h7-10,12,14,18,22H,6,11,13,15-17H2,1-5H3,(H,28,32). The second-order valence-corrected chi connectivity index (χ2v) is 11.0. The predicted molar refractivity (Wildman–Crippen MR) is 134 cm³/mol. The molecule has 0 spiro atoms. The molecule has 3 rings (SSSR count). The Labute approximate surface area is 206 Å². The second-order valence-electron chi connectivity index (χ2n) is 9.99. The number of carbonyl (C=O) groups is 2. The molecule has 0 bridgehead atoms. The van der Waals surface area contributed by atoms with Gasteiger partial charge in [-0.1, -0.05) is 20.3 Å². The maximum absolute atomic E-state index is 13.5. The molecule has 34 heavy (non-hydrogen) atoms. The number of hydrogen-bond donors (Lipinski definition) is 1. The average molecular weight is 490 g/mol. The maximum atomic E-state index is 13.5. The van der Waals surface area contributed by atoms with E-state index < -0.39 is 5.54 Å². The number of carbonyl (C=O) groups excluding carboxylic acids is 2. The van der Waals surface area contributed by atoms with Gasteiger partial charge in [0.05, 0.1) is 6.04 Å². The van der Waals surface area contributed by atoms with Crippen LogP contribution in [0.3, 0.4) is 0 Å². The van der Waals surface area contributed by atoms with Crippen LogP contribution in [0.1, 0.15) is 57.5 Å². The number of fused-ring (bicyclic) bond motifs is 1. The minimum atomic E-state index is -0.393. The summed E-state index contributed by atoms with van der Waals surface area (Å²) in [6.45, 7) is 11.3. The van der Waals surface area contributed by atoms with Crippen LogP contribution < -0.4 is 10.1 Å². The molecule has 2 heterocycles. The Morgan fingerprint density at radius 3 is 2.62 bits per heavy atom. The van der Waals surface area contributed by atoms with Gasteiger partial charge in [-0.2, -0.15) is 0 Å². The first-order chi connectivity index (χ1) is 16.1. The lowest BCUT2D eigenvalue weighted by atomic mass is 10.00. The first-order valence-electron chi connectivity index (χ1n) is 11.9. The van der Waals surface area contributed by atoms with E-state index in [1.165, 1.54) is 17.0 Å². The summed E-state index contributed by atoms with van der Waals surface area (Å²) in [5.74, 6) is 0.411. The molecule has 1 aliphatic heterocycles. The first kappa shape index (κ1) is 26.0. The van der Waals surface area contributed by atoms with Crippen LogP contribution in [0.4, 0.5) is 9.18 Å². The third-order valence-electron chi connectivity index (χ3n) is 5.96. The van der Waals surface area contributed by atoms with Gasteiger partial charge in [-0.3, -0.25) is 4.79 Å². The van der Waals surface area contributed by atoms with E-state index >= 15 is 0 Å². The fourth-order valence-corrected chi connectivity index (χ4v) is 4.89. The molecule has 0 radical (unpaired) electrons. The van der Waals surface area contributed by atoms with Crippen LogP contribution in [0, 0.1) is 11.7 Å². The maximum Gasteiger partial charge on any atom is 0.318 e. The predicted octanol–water partition coefficient (Wildman–Crippen LogP) is 5.25. The van der Waals surface area contributed by atoms with E-state index in [0.717, 1.165) is 18.4 Å². The van der Waals surface area contributed by atoms with Crippen LogP contribution in [-0.4, -0.2) is 53.5 Å². The number of benzene rings is 1. The van der Waals surface area contributed by atoms with E-state index in [9.17, 15) is 14.0 Å². The van der Waals surface area contributed by atoms with Gasteiger partial charge < -0.3 is 19.9 Å². The van der Waals surface area contributed by atoms with Gasteiger partial charge in [-0.15, -0.1) is 11.3 Å². The molecule has 0 aliphatic carbocycles. The highest BCUT2D eigenvalue weighted by Crippen LogP contribution is 2.34. The van der Waals surface area contributed by atoms with Crippen LogP contribution in [0.2, 0.25) is 0 Å². The van der Waals surface area contributed by atoms with Crippen molar-refractivity contribution in [3.63, 3.8) is 0 Å². The zero-order chi connectivity index (χ0) is 24.9. The molecule has 0 saturated heterocycles. The van der Waals surface area contributed by atoms with E-state index in [-0.39, 0.29) is 42.9 Å². The minimum absolute atomic E-state index is 0.0127. The fourth-order valence-electron chi connectivity index (χ4n) is 3.96. The summed E-state index contributed by atoms with van der Waals surface area (Å²) in [6.07, 6.45) is 1.70. The molecule has 1 aliphatic rings. The Morgan fingerprint density at radius 1 is 1.26 bits per heavy atom. The number of nitrogens with zero attached hydrogens (tertiary/aromatic N) is 2. The number of hydrogen-bond acceptors (Lipinski definition) is 4. The van der Waals surface area contributed by atoms with Gasteiger partial charge in [0, 0.05) is 23.5 Å². The summed E-state index contributed by atoms with van der Waals surface area (Å²) in [7, 11) is 0. The van der Waals surface area contributed by atoms with Crippen molar-refractivity contribution in [3.05, 3.63) is 52.0 Å². The third kappa shape index (κ3) is 6.95. The van der Waals surface area contributed by atoms with Gasteiger partial charge in [0.2, 0.25) is 5.91 Å². The molecule has 1 N–H and O–H groups in total. The number of nitrogens with one attached hydrogen (secondary N) is 1. The van der Waals surface area contributed by atoms with Gasteiger partial charge in [-0.05, 0) is 74.4 Å². The van der Waals surface area contributed by atoms with Crippen molar-refractivity contribution in [1.82, 2.24) is 15.1 Å². The lowest BCUT2D eigenvalue weighted by Gasteiger charge is -2.37. The van der Waals surface area contributed by atoms with Crippen molar-refractivity contribution in [2.45, 2.75) is 59.0 Å². The van der Waals surface area contributed by atoms with Crippen molar-refractivity contribution in [2.24, 2.45) is 5.92 Å². The highest BCUT2D eigenvalue weighted by Gasteiger charge is 2.34. The highest BCUT2D eigenvalue weighted by molar-refractivity contribution is 7.10. The Balaban J connectivity index is 1.77. The zero-order valence-electron chi connectivity index (χ0n) is 20.8. The highest BCUT2D eigenvalue weighted by atomic mass is 32.1. The smallest absolute Gasteiger partial charge is 0.318 e. The van der Waals surface area contributed by atoms with Crippen LogP contribution in [0.25, 0.3) is 0 Å². The number of urea groups is 1. The summed E-state index contributed by atoms with van der Waals surface area (Å²) in [6, 6.07) is 7.44. The van der Waals surface area contributed by atoms with E-state index in [1.807, 2.05) is 37.1 Å². The summed E-state index contributed by atoms with van der Waals surface area (Å²) in [5, 5.41) is 5.03. The van der Waals surface area contributed by atoms with Crippen molar-refractivity contribution >= 4 is 23.3 Å². The summed E-state index contributed by atoms with van der Waals surface area (Å²) < 4.78 is 19.2. The molecule has 0 saturated carbocycles. The van der Waals surface area contributed by atoms with Gasteiger partial charge in [0.25, 0.3) is 0 Å². The van der Waals surface area contributed by atoms with E-state index in [0.29, 0.717) is 18.8 Å². The molecule has 6 nitrogen and oxygen atoms in total. The summed E-state index contributed by atoms with van der Waals surface area (Å²) >= 11 is 1.69. The molecule has 3 amide bonds. The van der Waals surface area contributed by atoms with Crippen molar-refractivity contribution in [1.29, 1.82) is 0 Å². The first-order valence-corrected chi connectivity index (χ1v) is 12.8. The Hall–Kier alpha value is -2.61. The Bertz CT molecular complexity index is 970. The molecule has 0 fully saturated rings. The molecule has 1 aromatic heterocycles. The summed E-state index contributed by atoms with van der Waals surface area (Å²) in [5.41, 5.74) is 0.690. The zero-order valence-corrected chi connectivity index (χ0v) is 21.6.